The molecule has 0 radical (unpaired) electrons. The molecule has 0 aliphatic heterocycles. The molecule has 0 N–H and O–H groups in total. The third-order valence-corrected chi connectivity index (χ3v) is 3.29. The van der Waals surface area contributed by atoms with Gasteiger partial charge in [0.05, 0.1) is 22.1 Å². The number of nitrogens with zero attached hydrogens (tertiary/aromatic N) is 1. The molecule has 0 unspecified atom stereocenters. The Bertz CT molecular complexity index is 572. The number of nitro groups is 1. The number of hydrogen-bond donors (Lipinski definition) is 0. The van der Waals surface area contributed by atoms with Crippen molar-refractivity contribution in [3.63, 3.8) is 0 Å². The molecule has 5 heteroatoms. The average Bonchev–Trinajstić information content (AvgIpc) is 2.41. The molecule has 98 valence electrons. The van der Waals surface area contributed by atoms with Crippen molar-refractivity contribution in [1.82, 2.24) is 0 Å². The van der Waals surface area contributed by atoms with Gasteiger partial charge in [-0.3, -0.25) is 10.1 Å². The quantitative estimate of drug-likeness (QED) is 0.618. The molecular formula is C14H12BrNO3. The lowest BCUT2D eigenvalue weighted by atomic mass is 10.2. The zero-order chi connectivity index (χ0) is 13.7. The molecule has 19 heavy (non-hydrogen) atoms. The Balaban J connectivity index is 1.97. The first-order chi connectivity index (χ1) is 9.16. The minimum atomic E-state index is -0.436. The van der Waals surface area contributed by atoms with E-state index in [0.717, 1.165) is 6.42 Å². The molecule has 4 nitrogen and oxygen atoms in total. The molecule has 2 rings (SSSR count). The van der Waals surface area contributed by atoms with Crippen molar-refractivity contribution >= 4 is 21.6 Å². The second-order valence-electron chi connectivity index (χ2n) is 3.95. The zero-order valence-electron chi connectivity index (χ0n) is 10.1. The van der Waals surface area contributed by atoms with Crippen molar-refractivity contribution in [3.8, 4) is 5.75 Å². The van der Waals surface area contributed by atoms with Crippen LogP contribution in [0.1, 0.15) is 5.56 Å². The van der Waals surface area contributed by atoms with E-state index >= 15 is 0 Å². The highest BCUT2D eigenvalue weighted by Gasteiger charge is 2.12. The van der Waals surface area contributed by atoms with E-state index in [1.807, 2.05) is 30.3 Å². The van der Waals surface area contributed by atoms with Crippen LogP contribution < -0.4 is 4.74 Å². The summed E-state index contributed by atoms with van der Waals surface area (Å²) < 4.78 is 5.98. The van der Waals surface area contributed by atoms with Crippen LogP contribution in [0.4, 0.5) is 5.69 Å². The largest absolute Gasteiger partial charge is 0.493 e. The van der Waals surface area contributed by atoms with Crippen LogP contribution in [0.2, 0.25) is 0 Å². The molecule has 2 aromatic rings. The SMILES string of the molecule is O=[N+]([O-])c1cc(OCCc2ccccc2)ccc1Br. The Hall–Kier alpha value is -1.88. The van der Waals surface area contributed by atoms with Crippen molar-refractivity contribution < 1.29 is 9.66 Å². The summed E-state index contributed by atoms with van der Waals surface area (Å²) in [4.78, 5) is 10.4. The van der Waals surface area contributed by atoms with E-state index in [9.17, 15) is 10.1 Å². The molecule has 0 saturated carbocycles. The van der Waals surface area contributed by atoms with E-state index in [2.05, 4.69) is 15.9 Å². The highest BCUT2D eigenvalue weighted by molar-refractivity contribution is 9.10. The Morgan fingerprint density at radius 1 is 1.16 bits per heavy atom. The summed E-state index contributed by atoms with van der Waals surface area (Å²) in [6, 6.07) is 14.7. The first-order valence-electron chi connectivity index (χ1n) is 5.77. The van der Waals surface area contributed by atoms with E-state index in [4.69, 9.17) is 4.74 Å². The summed E-state index contributed by atoms with van der Waals surface area (Å²) in [6.07, 6.45) is 0.769. The number of benzene rings is 2. The van der Waals surface area contributed by atoms with Crippen LogP contribution >= 0.6 is 15.9 Å². The second kappa shape index (κ2) is 6.33. The predicted molar refractivity (Wildman–Crippen MR) is 76.4 cm³/mol. The average molecular weight is 322 g/mol. The first-order valence-corrected chi connectivity index (χ1v) is 6.57. The van der Waals surface area contributed by atoms with Crippen molar-refractivity contribution in [3.05, 3.63) is 68.7 Å². The fraction of sp³-hybridized carbons (Fsp3) is 0.143. The van der Waals surface area contributed by atoms with Gasteiger partial charge in [0.25, 0.3) is 5.69 Å². The Labute approximate surface area is 119 Å². The molecule has 0 spiro atoms. The molecule has 2 aromatic carbocycles. The molecule has 0 amide bonds. The number of nitro benzene ring substituents is 1. The Morgan fingerprint density at radius 2 is 1.89 bits per heavy atom. The lowest BCUT2D eigenvalue weighted by molar-refractivity contribution is -0.385. The summed E-state index contributed by atoms with van der Waals surface area (Å²) in [5.41, 5.74) is 1.19. The van der Waals surface area contributed by atoms with E-state index in [1.54, 1.807) is 12.1 Å². The number of rotatable bonds is 5. The lowest BCUT2D eigenvalue weighted by Crippen LogP contribution is -2.01. The topological polar surface area (TPSA) is 52.4 Å². The monoisotopic (exact) mass is 321 g/mol. The van der Waals surface area contributed by atoms with Gasteiger partial charge in [0.1, 0.15) is 5.75 Å². The van der Waals surface area contributed by atoms with E-state index in [0.29, 0.717) is 16.8 Å². The highest BCUT2D eigenvalue weighted by atomic mass is 79.9. The number of hydrogen-bond acceptors (Lipinski definition) is 3. The number of halogens is 1. The molecule has 0 fully saturated rings. The third-order valence-electron chi connectivity index (χ3n) is 2.62. The molecule has 0 aliphatic rings. The molecule has 0 bridgehead atoms. The maximum absolute atomic E-state index is 10.8. The van der Waals surface area contributed by atoms with Gasteiger partial charge >= 0.3 is 0 Å². The molecule has 0 aromatic heterocycles. The van der Waals surface area contributed by atoms with Crippen molar-refractivity contribution in [1.29, 1.82) is 0 Å². The fourth-order valence-electron chi connectivity index (χ4n) is 1.65. The molecule has 0 heterocycles. The van der Waals surface area contributed by atoms with Gasteiger partial charge in [-0.05, 0) is 33.6 Å². The van der Waals surface area contributed by atoms with Gasteiger partial charge in [0, 0.05) is 6.42 Å². The smallest absolute Gasteiger partial charge is 0.287 e. The van der Waals surface area contributed by atoms with Gasteiger partial charge in [0.15, 0.2) is 0 Å². The fourth-order valence-corrected chi connectivity index (χ4v) is 2.04. The predicted octanol–water partition coefficient (Wildman–Crippen LogP) is 3.98. The molecule has 0 atom stereocenters. The van der Waals surface area contributed by atoms with Gasteiger partial charge in [-0.25, -0.2) is 0 Å². The number of ether oxygens (including phenoxy) is 1. The zero-order valence-corrected chi connectivity index (χ0v) is 11.7. The van der Waals surface area contributed by atoms with Gasteiger partial charge < -0.3 is 4.74 Å². The minimum Gasteiger partial charge on any atom is -0.493 e. The first kappa shape index (κ1) is 13.5. The van der Waals surface area contributed by atoms with Gasteiger partial charge in [-0.15, -0.1) is 0 Å². The third kappa shape index (κ3) is 3.79. The second-order valence-corrected chi connectivity index (χ2v) is 4.81. The normalized spacial score (nSPS) is 10.2. The van der Waals surface area contributed by atoms with Crippen LogP contribution in [-0.4, -0.2) is 11.5 Å². The maximum atomic E-state index is 10.8. The van der Waals surface area contributed by atoms with Gasteiger partial charge in [0.2, 0.25) is 0 Å². The molecular weight excluding hydrogens is 310 g/mol. The van der Waals surface area contributed by atoms with Crippen LogP contribution in [-0.2, 0) is 6.42 Å². The molecule has 0 aliphatic carbocycles. The van der Waals surface area contributed by atoms with E-state index < -0.39 is 4.92 Å². The standard InChI is InChI=1S/C14H12BrNO3/c15-13-7-6-12(10-14(13)16(17)18)19-9-8-11-4-2-1-3-5-11/h1-7,10H,8-9H2. The molecule has 0 saturated heterocycles. The summed E-state index contributed by atoms with van der Waals surface area (Å²) >= 11 is 3.14. The van der Waals surface area contributed by atoms with Crippen molar-refractivity contribution in [2.45, 2.75) is 6.42 Å². The minimum absolute atomic E-state index is 0.0113. The van der Waals surface area contributed by atoms with Crippen LogP contribution in [0.25, 0.3) is 0 Å². The van der Waals surface area contributed by atoms with Gasteiger partial charge in [-0.2, -0.15) is 0 Å². The maximum Gasteiger partial charge on any atom is 0.287 e. The van der Waals surface area contributed by atoms with Gasteiger partial charge in [-0.1, -0.05) is 30.3 Å². The van der Waals surface area contributed by atoms with Crippen molar-refractivity contribution in [2.24, 2.45) is 0 Å². The summed E-state index contributed by atoms with van der Waals surface area (Å²) in [6.45, 7) is 0.489. The summed E-state index contributed by atoms with van der Waals surface area (Å²) in [5, 5.41) is 10.8. The Kier molecular flexibility index (Phi) is 4.52. The van der Waals surface area contributed by atoms with Crippen molar-refractivity contribution in [2.75, 3.05) is 6.61 Å². The summed E-state index contributed by atoms with van der Waals surface area (Å²) in [5.74, 6) is 0.505. The van der Waals surface area contributed by atoms with Crippen LogP contribution in [0.15, 0.2) is 53.0 Å². The Morgan fingerprint density at radius 3 is 2.58 bits per heavy atom. The highest BCUT2D eigenvalue weighted by Crippen LogP contribution is 2.28. The van der Waals surface area contributed by atoms with Crippen LogP contribution in [0.3, 0.4) is 0 Å². The van der Waals surface area contributed by atoms with Crippen LogP contribution in [0.5, 0.6) is 5.75 Å². The van der Waals surface area contributed by atoms with E-state index in [-0.39, 0.29) is 5.69 Å². The lowest BCUT2D eigenvalue weighted by Gasteiger charge is -2.06. The van der Waals surface area contributed by atoms with Crippen LogP contribution in [0, 0.1) is 10.1 Å². The van der Waals surface area contributed by atoms with E-state index in [1.165, 1.54) is 11.6 Å². The summed E-state index contributed by atoms with van der Waals surface area (Å²) in [7, 11) is 0.